The van der Waals surface area contributed by atoms with Crippen molar-refractivity contribution in [1.29, 1.82) is 0 Å². The number of hydrogen-bond acceptors (Lipinski definition) is 6. The predicted octanol–water partition coefficient (Wildman–Crippen LogP) is 3.17. The van der Waals surface area contributed by atoms with Gasteiger partial charge >= 0.3 is 5.97 Å². The third-order valence-electron chi connectivity index (χ3n) is 2.54. The summed E-state index contributed by atoms with van der Waals surface area (Å²) in [5, 5.41) is 15.9. The van der Waals surface area contributed by atoms with E-state index >= 15 is 0 Å². The molecule has 0 radical (unpaired) electrons. The molecule has 2 N–H and O–H groups in total. The second kappa shape index (κ2) is 5.45. The molecule has 2 heterocycles. The van der Waals surface area contributed by atoms with E-state index in [1.54, 1.807) is 24.5 Å². The molecule has 0 fully saturated rings. The Kier molecular flexibility index (Phi) is 3.93. The summed E-state index contributed by atoms with van der Waals surface area (Å²) in [5.74, 6) is -0.947. The van der Waals surface area contributed by atoms with Crippen molar-refractivity contribution in [3.8, 4) is 0 Å². The number of thiazole rings is 1. The number of aromatic nitrogens is 2. The first kappa shape index (κ1) is 13.0. The molecular weight excluding hydrogens is 270 g/mol. The van der Waals surface area contributed by atoms with E-state index in [4.69, 9.17) is 5.11 Å². The molecule has 0 amide bonds. The fourth-order valence-electron chi connectivity index (χ4n) is 1.62. The smallest absolute Gasteiger partial charge is 0.340 e. The summed E-state index contributed by atoms with van der Waals surface area (Å²) < 4.78 is 4.09. The Bertz CT molecular complexity index is 536. The van der Waals surface area contributed by atoms with Crippen LogP contribution >= 0.6 is 22.9 Å². The number of carbonyl (C=O) groups is 1. The molecule has 0 aliphatic rings. The normalized spacial score (nSPS) is 12.3. The molecule has 96 valence electrons. The van der Waals surface area contributed by atoms with E-state index in [2.05, 4.69) is 14.7 Å². The number of hydrogen-bond donors (Lipinski definition) is 2. The lowest BCUT2D eigenvalue weighted by Crippen LogP contribution is -2.11. The molecule has 1 atom stereocenters. The number of anilines is 1. The van der Waals surface area contributed by atoms with Gasteiger partial charge in [0.1, 0.15) is 15.6 Å². The quantitative estimate of drug-likeness (QED) is 0.881. The van der Waals surface area contributed by atoms with Crippen molar-refractivity contribution in [2.45, 2.75) is 26.3 Å². The molecule has 7 heteroatoms. The third kappa shape index (κ3) is 2.51. The molecule has 2 aromatic heterocycles. The fourth-order valence-corrected chi connectivity index (χ4v) is 3.24. The van der Waals surface area contributed by atoms with Crippen molar-refractivity contribution in [3.63, 3.8) is 0 Å². The predicted molar refractivity (Wildman–Crippen MR) is 72.6 cm³/mol. The van der Waals surface area contributed by atoms with Gasteiger partial charge in [-0.1, -0.05) is 6.92 Å². The van der Waals surface area contributed by atoms with Crippen molar-refractivity contribution in [2.75, 3.05) is 5.32 Å². The van der Waals surface area contributed by atoms with Crippen LogP contribution in [0.1, 0.15) is 40.4 Å². The Labute approximate surface area is 113 Å². The first-order chi connectivity index (χ1) is 8.63. The summed E-state index contributed by atoms with van der Waals surface area (Å²) in [6, 6.07) is 0.0305. The topological polar surface area (TPSA) is 75.1 Å². The van der Waals surface area contributed by atoms with Crippen LogP contribution in [0.5, 0.6) is 0 Å². The molecule has 0 bridgehead atoms. The molecule has 0 aliphatic heterocycles. The Morgan fingerprint density at radius 2 is 2.39 bits per heavy atom. The van der Waals surface area contributed by atoms with Gasteiger partial charge in [-0.05, 0) is 24.9 Å². The van der Waals surface area contributed by atoms with Gasteiger partial charge in [-0.15, -0.1) is 11.3 Å². The maximum atomic E-state index is 11.2. The molecular formula is C11H13N3O2S2. The van der Waals surface area contributed by atoms with Crippen molar-refractivity contribution in [1.82, 2.24) is 9.36 Å². The van der Waals surface area contributed by atoms with E-state index in [1.807, 2.05) is 12.3 Å². The number of nitrogens with one attached hydrogen (secondary N) is 1. The average molecular weight is 283 g/mol. The highest BCUT2D eigenvalue weighted by Crippen LogP contribution is 2.30. The molecule has 2 rings (SSSR count). The fraction of sp³-hybridized carbons (Fsp3) is 0.364. The van der Waals surface area contributed by atoms with Crippen LogP contribution in [0.2, 0.25) is 0 Å². The van der Waals surface area contributed by atoms with Gasteiger partial charge in [-0.3, -0.25) is 0 Å². The molecule has 1 unspecified atom stereocenters. The van der Waals surface area contributed by atoms with Crippen molar-refractivity contribution >= 4 is 33.8 Å². The lowest BCUT2D eigenvalue weighted by atomic mass is 10.2. The first-order valence-corrected chi connectivity index (χ1v) is 7.14. The summed E-state index contributed by atoms with van der Waals surface area (Å²) in [5.41, 5.74) is 0.805. The number of aromatic carboxylic acids is 1. The molecule has 5 nitrogen and oxygen atoms in total. The van der Waals surface area contributed by atoms with Gasteiger partial charge < -0.3 is 10.4 Å². The summed E-state index contributed by atoms with van der Waals surface area (Å²) in [6.45, 7) is 3.74. The second-order valence-corrected chi connectivity index (χ2v) is 5.45. The Morgan fingerprint density at radius 1 is 1.61 bits per heavy atom. The summed E-state index contributed by atoms with van der Waals surface area (Å²) >= 11 is 2.74. The van der Waals surface area contributed by atoms with E-state index in [0.717, 1.165) is 11.4 Å². The lowest BCUT2D eigenvalue weighted by Gasteiger charge is -2.14. The Balaban J connectivity index is 2.25. The van der Waals surface area contributed by atoms with E-state index in [-0.39, 0.29) is 11.6 Å². The van der Waals surface area contributed by atoms with Gasteiger partial charge in [0.15, 0.2) is 0 Å². The second-order valence-electron chi connectivity index (χ2n) is 3.75. The van der Waals surface area contributed by atoms with Crippen LogP contribution < -0.4 is 5.32 Å². The van der Waals surface area contributed by atoms with Crippen molar-refractivity contribution < 1.29 is 9.90 Å². The SMILES string of the molecule is CCC(Nc1snc(C)c1C(=O)O)c1nccs1. The van der Waals surface area contributed by atoms with Gasteiger partial charge in [0, 0.05) is 11.6 Å². The average Bonchev–Trinajstić information content (AvgIpc) is 2.95. The van der Waals surface area contributed by atoms with Crippen LogP contribution in [0.4, 0.5) is 5.00 Å². The zero-order valence-electron chi connectivity index (χ0n) is 10.0. The van der Waals surface area contributed by atoms with Crippen LogP contribution in [-0.2, 0) is 0 Å². The van der Waals surface area contributed by atoms with E-state index in [9.17, 15) is 4.79 Å². The van der Waals surface area contributed by atoms with E-state index in [0.29, 0.717) is 10.7 Å². The van der Waals surface area contributed by atoms with Gasteiger partial charge in [-0.2, -0.15) is 4.37 Å². The minimum atomic E-state index is -0.947. The summed E-state index contributed by atoms with van der Waals surface area (Å²) in [6.07, 6.45) is 2.59. The van der Waals surface area contributed by atoms with E-state index in [1.165, 1.54) is 11.5 Å². The standard InChI is InChI=1S/C11H13N3O2S2/c1-3-7(9-12-4-5-17-9)13-10-8(11(15)16)6(2)14-18-10/h4-5,7,13H,3H2,1-2H3,(H,15,16). The maximum Gasteiger partial charge on any atom is 0.340 e. The van der Waals surface area contributed by atoms with Gasteiger partial charge in [-0.25, -0.2) is 9.78 Å². The van der Waals surface area contributed by atoms with Crippen molar-refractivity contribution in [2.24, 2.45) is 0 Å². The molecule has 0 aliphatic carbocycles. The van der Waals surface area contributed by atoms with Gasteiger partial charge in [0.05, 0.1) is 11.7 Å². The van der Waals surface area contributed by atoms with Gasteiger partial charge in [0.2, 0.25) is 0 Å². The van der Waals surface area contributed by atoms with Crippen LogP contribution in [0, 0.1) is 6.92 Å². The molecule has 0 spiro atoms. The monoisotopic (exact) mass is 283 g/mol. The number of aryl methyl sites for hydroxylation is 1. The first-order valence-electron chi connectivity index (χ1n) is 5.49. The zero-order chi connectivity index (χ0) is 13.1. The number of carboxylic acid groups (broad SMARTS) is 1. The summed E-state index contributed by atoms with van der Waals surface area (Å²) in [7, 11) is 0. The maximum absolute atomic E-state index is 11.2. The Morgan fingerprint density at radius 3 is 2.94 bits per heavy atom. The van der Waals surface area contributed by atoms with Crippen LogP contribution in [0.25, 0.3) is 0 Å². The van der Waals surface area contributed by atoms with Crippen LogP contribution in [0.3, 0.4) is 0 Å². The zero-order valence-corrected chi connectivity index (χ0v) is 11.6. The van der Waals surface area contributed by atoms with E-state index < -0.39 is 5.97 Å². The third-order valence-corrected chi connectivity index (χ3v) is 4.30. The number of nitrogens with zero attached hydrogens (tertiary/aromatic N) is 2. The summed E-state index contributed by atoms with van der Waals surface area (Å²) in [4.78, 5) is 15.4. The minimum absolute atomic E-state index is 0.0305. The highest BCUT2D eigenvalue weighted by molar-refractivity contribution is 7.11. The van der Waals surface area contributed by atoms with Gasteiger partial charge in [0.25, 0.3) is 0 Å². The van der Waals surface area contributed by atoms with Crippen molar-refractivity contribution in [3.05, 3.63) is 27.8 Å². The molecule has 0 aromatic carbocycles. The minimum Gasteiger partial charge on any atom is -0.478 e. The highest BCUT2D eigenvalue weighted by Gasteiger charge is 2.21. The Hall–Kier alpha value is -1.47. The molecule has 0 saturated carbocycles. The largest absolute Gasteiger partial charge is 0.478 e. The lowest BCUT2D eigenvalue weighted by molar-refractivity contribution is 0.0697. The highest BCUT2D eigenvalue weighted by atomic mass is 32.1. The number of carboxylic acids is 1. The molecule has 0 saturated heterocycles. The molecule has 18 heavy (non-hydrogen) atoms. The number of rotatable bonds is 5. The van der Waals surface area contributed by atoms with Crippen LogP contribution in [0.15, 0.2) is 11.6 Å². The molecule has 2 aromatic rings. The van der Waals surface area contributed by atoms with Crippen LogP contribution in [-0.4, -0.2) is 20.4 Å².